The van der Waals surface area contributed by atoms with Crippen LogP contribution < -0.4 is 10.1 Å². The first-order chi connectivity index (χ1) is 10.8. The maximum absolute atomic E-state index is 12.5. The topological polar surface area (TPSA) is 69.7 Å². The van der Waals surface area contributed by atoms with E-state index in [4.69, 9.17) is 14.2 Å². The van der Waals surface area contributed by atoms with Crippen LogP contribution in [0.5, 0.6) is 5.88 Å². The quantitative estimate of drug-likeness (QED) is 0.707. The summed E-state index contributed by atoms with van der Waals surface area (Å²) in [7, 11) is 3.17. The predicted octanol–water partition coefficient (Wildman–Crippen LogP) is 2.80. The molecule has 1 aromatic heterocycles. The minimum atomic E-state index is -0.867. The molecule has 23 heavy (non-hydrogen) atoms. The van der Waals surface area contributed by atoms with E-state index >= 15 is 0 Å². The van der Waals surface area contributed by atoms with Crippen molar-refractivity contribution in [1.82, 2.24) is 4.98 Å². The third kappa shape index (κ3) is 5.80. The van der Waals surface area contributed by atoms with Crippen LogP contribution >= 0.6 is 0 Å². The van der Waals surface area contributed by atoms with Gasteiger partial charge in [0.1, 0.15) is 12.2 Å². The summed E-state index contributed by atoms with van der Waals surface area (Å²) in [5, 5.41) is 2.89. The molecule has 1 amide bonds. The fraction of sp³-hybridized carbons (Fsp3) is 0.647. The fourth-order valence-corrected chi connectivity index (χ4v) is 2.28. The van der Waals surface area contributed by atoms with Crippen molar-refractivity contribution in [3.8, 4) is 5.88 Å². The van der Waals surface area contributed by atoms with Gasteiger partial charge in [-0.15, -0.1) is 0 Å². The van der Waals surface area contributed by atoms with Crippen molar-refractivity contribution in [3.63, 3.8) is 0 Å². The average Bonchev–Trinajstić information content (AvgIpc) is 2.49. The van der Waals surface area contributed by atoms with E-state index in [2.05, 4.69) is 24.1 Å². The molecule has 6 heteroatoms. The molecular formula is C17H28N2O4. The van der Waals surface area contributed by atoms with E-state index in [0.29, 0.717) is 42.8 Å². The summed E-state index contributed by atoms with van der Waals surface area (Å²) in [4.78, 5) is 16.9. The van der Waals surface area contributed by atoms with Gasteiger partial charge in [-0.2, -0.15) is 0 Å². The fourth-order valence-electron chi connectivity index (χ4n) is 2.28. The summed E-state index contributed by atoms with van der Waals surface area (Å²) in [6.45, 7) is 8.68. The highest BCUT2D eigenvalue weighted by Crippen LogP contribution is 2.24. The molecule has 1 aromatic rings. The van der Waals surface area contributed by atoms with E-state index < -0.39 is 5.60 Å². The summed E-state index contributed by atoms with van der Waals surface area (Å²) < 4.78 is 15.8. The molecule has 0 aromatic carbocycles. The zero-order valence-electron chi connectivity index (χ0n) is 14.9. The number of carbonyl (C=O) groups excluding carboxylic acids is 1. The first-order valence-electron chi connectivity index (χ1n) is 7.78. The first kappa shape index (κ1) is 19.4. The number of carbonyl (C=O) groups is 1. The highest BCUT2D eigenvalue weighted by molar-refractivity contribution is 5.97. The SMILES string of the molecule is COCCOc1ccc(NC(=O)[C@](C)(CC(C)C)OC)c(C)n1. The molecule has 1 heterocycles. The van der Waals surface area contributed by atoms with Crippen LogP contribution in [0.2, 0.25) is 0 Å². The van der Waals surface area contributed by atoms with Gasteiger partial charge in [0.2, 0.25) is 5.88 Å². The molecular weight excluding hydrogens is 296 g/mol. The molecule has 6 nitrogen and oxygen atoms in total. The van der Waals surface area contributed by atoms with Crippen LogP contribution in [0.3, 0.4) is 0 Å². The summed E-state index contributed by atoms with van der Waals surface area (Å²) in [6.07, 6.45) is 0.639. The van der Waals surface area contributed by atoms with Gasteiger partial charge in [0.25, 0.3) is 5.91 Å². The lowest BCUT2D eigenvalue weighted by molar-refractivity contribution is -0.137. The summed E-state index contributed by atoms with van der Waals surface area (Å²) in [6, 6.07) is 3.51. The second kappa shape index (κ2) is 8.84. The Morgan fingerprint density at radius 2 is 2.00 bits per heavy atom. The second-order valence-electron chi connectivity index (χ2n) is 6.11. The molecule has 1 N–H and O–H groups in total. The third-order valence-corrected chi connectivity index (χ3v) is 3.57. The van der Waals surface area contributed by atoms with Crippen LogP contribution in [0.1, 0.15) is 32.9 Å². The average molecular weight is 324 g/mol. The number of ether oxygens (including phenoxy) is 3. The predicted molar refractivity (Wildman–Crippen MR) is 89.8 cm³/mol. The molecule has 0 saturated heterocycles. The molecule has 130 valence electrons. The monoisotopic (exact) mass is 324 g/mol. The van der Waals surface area contributed by atoms with Crippen LogP contribution in [0.25, 0.3) is 0 Å². The van der Waals surface area contributed by atoms with Gasteiger partial charge < -0.3 is 19.5 Å². The normalized spacial score (nSPS) is 13.7. The molecule has 1 atom stereocenters. The molecule has 0 aliphatic rings. The summed E-state index contributed by atoms with van der Waals surface area (Å²) in [5.74, 6) is 0.683. The molecule has 1 rings (SSSR count). The zero-order chi connectivity index (χ0) is 17.5. The molecule has 0 radical (unpaired) electrons. The first-order valence-corrected chi connectivity index (χ1v) is 7.78. The van der Waals surface area contributed by atoms with Crippen molar-refractivity contribution in [2.75, 3.05) is 32.8 Å². The van der Waals surface area contributed by atoms with Crippen molar-refractivity contribution in [2.24, 2.45) is 5.92 Å². The van der Waals surface area contributed by atoms with Gasteiger partial charge in [-0.3, -0.25) is 4.79 Å². The molecule has 0 aliphatic heterocycles. The van der Waals surface area contributed by atoms with Gasteiger partial charge in [0.15, 0.2) is 0 Å². The van der Waals surface area contributed by atoms with Gasteiger partial charge in [-0.25, -0.2) is 4.98 Å². The van der Waals surface area contributed by atoms with Crippen LogP contribution in [-0.4, -0.2) is 43.9 Å². The second-order valence-corrected chi connectivity index (χ2v) is 6.11. The lowest BCUT2D eigenvalue weighted by atomic mass is 9.93. The van der Waals surface area contributed by atoms with E-state index in [1.165, 1.54) is 0 Å². The standard InChI is InChI=1S/C17H28N2O4/c1-12(2)11-17(4,22-6)16(20)19-14-7-8-15(18-13(14)3)23-10-9-21-5/h7-8,12H,9-11H2,1-6H3,(H,19,20)/t17-/m0/s1. The lowest BCUT2D eigenvalue weighted by Crippen LogP contribution is -2.43. The number of methoxy groups -OCH3 is 2. The minimum Gasteiger partial charge on any atom is -0.475 e. The van der Waals surface area contributed by atoms with Gasteiger partial charge >= 0.3 is 0 Å². The molecule has 0 fully saturated rings. The Bertz CT molecular complexity index is 519. The Kier molecular flexibility index (Phi) is 7.45. The van der Waals surface area contributed by atoms with Crippen molar-refractivity contribution in [3.05, 3.63) is 17.8 Å². The van der Waals surface area contributed by atoms with Crippen molar-refractivity contribution < 1.29 is 19.0 Å². The number of hydrogen-bond donors (Lipinski definition) is 1. The van der Waals surface area contributed by atoms with E-state index in [1.807, 2.05) is 6.92 Å². The Labute approximate surface area is 138 Å². The van der Waals surface area contributed by atoms with Crippen molar-refractivity contribution in [2.45, 2.75) is 39.7 Å². The Hall–Kier alpha value is -1.66. The number of pyridine rings is 1. The van der Waals surface area contributed by atoms with Crippen molar-refractivity contribution >= 4 is 11.6 Å². The van der Waals surface area contributed by atoms with Gasteiger partial charge in [-0.1, -0.05) is 13.8 Å². The Morgan fingerprint density at radius 1 is 1.30 bits per heavy atom. The number of anilines is 1. The lowest BCUT2D eigenvalue weighted by Gasteiger charge is -2.28. The Balaban J connectivity index is 2.78. The van der Waals surface area contributed by atoms with Crippen LogP contribution in [-0.2, 0) is 14.3 Å². The van der Waals surface area contributed by atoms with Crippen LogP contribution in [0.4, 0.5) is 5.69 Å². The number of aromatic nitrogens is 1. The number of nitrogens with one attached hydrogen (secondary N) is 1. The number of aryl methyl sites for hydroxylation is 1. The highest BCUT2D eigenvalue weighted by Gasteiger charge is 2.34. The third-order valence-electron chi connectivity index (χ3n) is 3.57. The van der Waals surface area contributed by atoms with E-state index in [9.17, 15) is 4.79 Å². The molecule has 0 bridgehead atoms. The van der Waals surface area contributed by atoms with Gasteiger partial charge in [0.05, 0.1) is 18.0 Å². The summed E-state index contributed by atoms with van der Waals surface area (Å²) in [5.41, 5.74) is 0.478. The van der Waals surface area contributed by atoms with Crippen LogP contribution in [0, 0.1) is 12.8 Å². The van der Waals surface area contributed by atoms with Crippen molar-refractivity contribution in [1.29, 1.82) is 0 Å². The van der Waals surface area contributed by atoms with E-state index in [1.54, 1.807) is 33.3 Å². The molecule has 0 saturated carbocycles. The smallest absolute Gasteiger partial charge is 0.256 e. The number of hydrogen-bond acceptors (Lipinski definition) is 5. The maximum atomic E-state index is 12.5. The highest BCUT2D eigenvalue weighted by atomic mass is 16.5. The molecule has 0 aliphatic carbocycles. The van der Waals surface area contributed by atoms with Gasteiger partial charge in [-0.05, 0) is 32.3 Å². The maximum Gasteiger partial charge on any atom is 0.256 e. The number of rotatable bonds is 9. The Morgan fingerprint density at radius 3 is 2.52 bits per heavy atom. The molecule has 0 unspecified atom stereocenters. The minimum absolute atomic E-state index is 0.174. The van der Waals surface area contributed by atoms with Gasteiger partial charge in [0, 0.05) is 20.3 Å². The van der Waals surface area contributed by atoms with E-state index in [-0.39, 0.29) is 5.91 Å². The zero-order valence-corrected chi connectivity index (χ0v) is 14.9. The van der Waals surface area contributed by atoms with Crippen LogP contribution in [0.15, 0.2) is 12.1 Å². The van der Waals surface area contributed by atoms with E-state index in [0.717, 1.165) is 0 Å². The number of amides is 1. The number of nitrogens with zero attached hydrogens (tertiary/aromatic N) is 1. The summed E-state index contributed by atoms with van der Waals surface area (Å²) >= 11 is 0. The largest absolute Gasteiger partial charge is 0.475 e. The molecule has 0 spiro atoms.